The summed E-state index contributed by atoms with van der Waals surface area (Å²) in [6.07, 6.45) is 0. The van der Waals surface area contributed by atoms with Gasteiger partial charge in [-0.2, -0.15) is 9.97 Å². The molecule has 0 radical (unpaired) electrons. The second-order valence-electron chi connectivity index (χ2n) is 24.8. The highest BCUT2D eigenvalue weighted by Gasteiger charge is 2.37. The minimum Gasteiger partial charge on any atom is -0.309 e. The Morgan fingerprint density at radius 1 is 0.241 bits per heavy atom. The van der Waals surface area contributed by atoms with Crippen LogP contribution in [0.1, 0.15) is 49.9 Å². The molecule has 87 heavy (non-hydrogen) atoms. The maximum absolute atomic E-state index is 5.43. The highest BCUT2D eigenvalue weighted by atomic mass is 15.2. The van der Waals surface area contributed by atoms with Crippen molar-refractivity contribution in [3.8, 4) is 84.6 Å². The van der Waals surface area contributed by atoms with Crippen LogP contribution in [-0.4, -0.2) is 28.7 Å². The lowest BCUT2D eigenvalue weighted by molar-refractivity contribution is 0.660. The molecule has 2 aliphatic rings. The molecule has 16 aromatic rings. The fourth-order valence-electron chi connectivity index (χ4n) is 15.0. The first-order valence-electron chi connectivity index (χ1n) is 30.2. The molecule has 6 nitrogen and oxygen atoms in total. The Kier molecular flexibility index (Phi) is 10.4. The smallest absolute Gasteiger partial charge is 0.238 e. The Morgan fingerprint density at radius 2 is 0.575 bits per heavy atom. The molecule has 12 aromatic carbocycles. The van der Waals surface area contributed by atoms with Crippen molar-refractivity contribution < 1.29 is 0 Å². The third-order valence-electron chi connectivity index (χ3n) is 19.3. The second kappa shape index (κ2) is 18.3. The zero-order valence-electron chi connectivity index (χ0n) is 48.6. The molecule has 2 aliphatic carbocycles. The van der Waals surface area contributed by atoms with Crippen LogP contribution >= 0.6 is 0 Å². The lowest BCUT2D eigenvalue weighted by atomic mass is 9.82. The quantitative estimate of drug-likeness (QED) is 0.160. The summed E-state index contributed by atoms with van der Waals surface area (Å²) in [6.45, 7) is 9.44. The van der Waals surface area contributed by atoms with E-state index in [1.807, 2.05) is 36.4 Å². The van der Waals surface area contributed by atoms with Crippen LogP contribution in [0.25, 0.3) is 150 Å². The number of hydrogen-bond donors (Lipinski definition) is 0. The summed E-state index contributed by atoms with van der Waals surface area (Å²) in [5.74, 6) is 1.76. The number of hydrogen-bond acceptors (Lipinski definition) is 3. The van der Waals surface area contributed by atoms with E-state index in [9.17, 15) is 0 Å². The molecular weight excluding hydrogens is 1060 g/mol. The van der Waals surface area contributed by atoms with E-state index >= 15 is 0 Å². The first-order chi connectivity index (χ1) is 42.6. The number of para-hydroxylation sites is 2. The molecule has 0 unspecified atom stereocenters. The number of nitrogens with zero attached hydrogens (tertiary/aromatic N) is 6. The van der Waals surface area contributed by atoms with Crippen molar-refractivity contribution in [1.82, 2.24) is 28.7 Å². The molecule has 0 saturated carbocycles. The summed E-state index contributed by atoms with van der Waals surface area (Å²) >= 11 is 0. The van der Waals surface area contributed by atoms with E-state index in [4.69, 9.17) is 15.0 Å². The van der Waals surface area contributed by atoms with Gasteiger partial charge in [0.25, 0.3) is 0 Å². The number of aromatic nitrogens is 6. The molecule has 4 heterocycles. The van der Waals surface area contributed by atoms with Crippen LogP contribution in [0, 0.1) is 0 Å². The Hall–Kier alpha value is -11.0. The highest BCUT2D eigenvalue weighted by molar-refractivity contribution is 6.14. The Balaban J connectivity index is 0.839. The number of rotatable bonds is 7. The Morgan fingerprint density at radius 3 is 0.989 bits per heavy atom. The van der Waals surface area contributed by atoms with Crippen LogP contribution in [-0.2, 0) is 10.8 Å². The molecule has 18 rings (SSSR count). The molecule has 0 atom stereocenters. The molecule has 0 spiro atoms. The van der Waals surface area contributed by atoms with Crippen LogP contribution in [0.5, 0.6) is 0 Å². The fraction of sp³-hybridized carbons (Fsp3) is 0.0741. The summed E-state index contributed by atoms with van der Waals surface area (Å²) in [4.78, 5) is 16.0. The predicted octanol–water partition coefficient (Wildman–Crippen LogP) is 20.4. The van der Waals surface area contributed by atoms with Crippen LogP contribution < -0.4 is 0 Å². The highest BCUT2D eigenvalue weighted by Crippen LogP contribution is 2.52. The molecule has 0 amide bonds. The zero-order chi connectivity index (χ0) is 57.9. The van der Waals surface area contributed by atoms with Gasteiger partial charge in [0.05, 0.1) is 33.1 Å². The van der Waals surface area contributed by atoms with E-state index in [1.165, 1.54) is 77.1 Å². The minimum absolute atomic E-state index is 0.132. The molecule has 0 N–H and O–H groups in total. The first kappa shape index (κ1) is 49.5. The molecule has 0 bridgehead atoms. The van der Waals surface area contributed by atoms with Gasteiger partial charge in [0.1, 0.15) is 0 Å². The van der Waals surface area contributed by atoms with Crippen molar-refractivity contribution in [2.45, 2.75) is 38.5 Å². The van der Waals surface area contributed by atoms with E-state index in [0.717, 1.165) is 77.6 Å². The first-order valence-corrected chi connectivity index (χ1v) is 30.2. The molecular formula is C81H56N6. The normalized spacial score (nSPS) is 13.7. The van der Waals surface area contributed by atoms with Gasteiger partial charge in [-0.25, -0.2) is 4.98 Å². The summed E-state index contributed by atoms with van der Waals surface area (Å²) < 4.78 is 7.21. The standard InChI is InChI=1S/C81H56N6/c1-80(2)67-27-15-11-23-57(67)59-41-35-55(47-69(59)80)85-71-29-17-13-25-61(71)63-37-31-51(43-73(63)85)53-33-39-65-66-40-34-54(46-76(66)87(75(65)45-53)79-83-77(49-19-7-5-8-20-49)82-78(84-79)50-21-9-6-10-22-50)52-32-38-64-62-26-14-18-30-72(62)86(74(64)44-52)56-36-42-60-58-24-12-16-28-68(58)81(3,4)70(60)48-56/h5-48H,1-4H3. The van der Waals surface area contributed by atoms with Crippen LogP contribution in [0.15, 0.2) is 267 Å². The van der Waals surface area contributed by atoms with Gasteiger partial charge in [-0.3, -0.25) is 4.57 Å². The topological polar surface area (TPSA) is 53.5 Å². The van der Waals surface area contributed by atoms with E-state index < -0.39 is 0 Å². The van der Waals surface area contributed by atoms with Crippen molar-refractivity contribution in [2.75, 3.05) is 0 Å². The van der Waals surface area contributed by atoms with Crippen LogP contribution in [0.2, 0.25) is 0 Å². The Bertz CT molecular complexity index is 5240. The van der Waals surface area contributed by atoms with Gasteiger partial charge in [0.15, 0.2) is 11.6 Å². The Labute approximate surface area is 503 Å². The van der Waals surface area contributed by atoms with Crippen molar-refractivity contribution in [1.29, 1.82) is 0 Å². The molecule has 410 valence electrons. The monoisotopic (exact) mass is 1110 g/mol. The summed E-state index contributed by atoms with van der Waals surface area (Å²) in [7, 11) is 0. The summed E-state index contributed by atoms with van der Waals surface area (Å²) in [6, 6.07) is 97.9. The van der Waals surface area contributed by atoms with Crippen molar-refractivity contribution in [3.05, 3.63) is 289 Å². The number of fused-ring (bicyclic) bond motifs is 15. The van der Waals surface area contributed by atoms with Crippen molar-refractivity contribution >= 4 is 65.4 Å². The molecule has 4 aromatic heterocycles. The van der Waals surface area contributed by atoms with E-state index in [1.54, 1.807) is 0 Å². The largest absolute Gasteiger partial charge is 0.309 e. The van der Waals surface area contributed by atoms with Gasteiger partial charge in [0.2, 0.25) is 5.95 Å². The van der Waals surface area contributed by atoms with E-state index in [-0.39, 0.29) is 10.8 Å². The summed E-state index contributed by atoms with van der Waals surface area (Å²) in [5, 5.41) is 7.10. The van der Waals surface area contributed by atoms with E-state index in [2.05, 4.69) is 272 Å². The van der Waals surface area contributed by atoms with E-state index in [0.29, 0.717) is 17.6 Å². The fourth-order valence-corrected chi connectivity index (χ4v) is 15.0. The molecule has 0 fully saturated rings. The van der Waals surface area contributed by atoms with Crippen LogP contribution in [0.3, 0.4) is 0 Å². The third kappa shape index (κ3) is 7.25. The SMILES string of the molecule is CC1(C)c2ccccc2-c2ccc(-n3c4ccccc4c4ccc(-c5ccc6c7ccc(-c8ccc9c%10ccccc%10n(-c%10ccc%11c(c%10)C(C)(C)c%10ccccc%10-%11)c9c8)cc7n(-c7nc(-c8ccccc8)nc(-c8ccccc8)n7)c6c5)cc43)cc21. The van der Waals surface area contributed by atoms with Gasteiger partial charge in [-0.1, -0.05) is 234 Å². The second-order valence-corrected chi connectivity index (χ2v) is 24.8. The van der Waals surface area contributed by atoms with Crippen LogP contribution in [0.4, 0.5) is 0 Å². The molecule has 6 heteroatoms. The molecule has 0 aliphatic heterocycles. The lowest BCUT2D eigenvalue weighted by Crippen LogP contribution is -2.15. The predicted molar refractivity (Wildman–Crippen MR) is 360 cm³/mol. The zero-order valence-corrected chi connectivity index (χ0v) is 48.6. The molecule has 0 saturated heterocycles. The average Bonchev–Trinajstić information content (AvgIpc) is 1.66. The van der Waals surface area contributed by atoms with Gasteiger partial charge in [-0.05, 0) is 127 Å². The lowest BCUT2D eigenvalue weighted by Gasteiger charge is -2.22. The number of benzene rings is 12. The maximum Gasteiger partial charge on any atom is 0.238 e. The van der Waals surface area contributed by atoms with Gasteiger partial charge in [0, 0.05) is 65.6 Å². The van der Waals surface area contributed by atoms with Crippen molar-refractivity contribution in [2.24, 2.45) is 0 Å². The minimum atomic E-state index is -0.132. The van der Waals surface area contributed by atoms with Gasteiger partial charge >= 0.3 is 0 Å². The van der Waals surface area contributed by atoms with Gasteiger partial charge < -0.3 is 9.13 Å². The van der Waals surface area contributed by atoms with Gasteiger partial charge in [-0.15, -0.1) is 0 Å². The maximum atomic E-state index is 5.43. The summed E-state index contributed by atoms with van der Waals surface area (Å²) in [5.41, 5.74) is 25.7. The average molecular weight is 1110 g/mol. The van der Waals surface area contributed by atoms with Crippen molar-refractivity contribution in [3.63, 3.8) is 0 Å². The third-order valence-corrected chi connectivity index (χ3v) is 19.3.